The Morgan fingerprint density at radius 3 is 2.18 bits per heavy atom. The standard InChI is InChI=1S/C23H16F5N5.Pt/c1-13-12-33(21(29-13)23(26,27)28)19-9-5-8-17(31-19)22(2,3)16-7-4-6-15(30-16)14-10-11-18(24)32-20(14)25;/h4-9,11H,1-3H3;/q-2;+2. The molecule has 0 atom stereocenters. The van der Waals surface area contributed by atoms with Crippen molar-refractivity contribution < 1.29 is 43.0 Å². The van der Waals surface area contributed by atoms with Crippen LogP contribution in [0.15, 0.2) is 42.5 Å². The van der Waals surface area contributed by atoms with Gasteiger partial charge in [-0.3, -0.25) is 9.97 Å². The molecule has 4 rings (SSSR count). The van der Waals surface area contributed by atoms with E-state index in [9.17, 15) is 22.0 Å². The molecule has 0 unspecified atom stereocenters. The Hall–Kier alpha value is -3.00. The maximum absolute atomic E-state index is 14.1. The molecule has 5 nitrogen and oxygen atoms in total. The second kappa shape index (κ2) is 9.33. The normalized spacial score (nSPS) is 11.9. The summed E-state index contributed by atoms with van der Waals surface area (Å²) >= 11 is 0. The molecule has 0 saturated heterocycles. The fourth-order valence-corrected chi connectivity index (χ4v) is 3.31. The van der Waals surface area contributed by atoms with Crippen molar-refractivity contribution in [3.05, 3.63) is 89.5 Å². The van der Waals surface area contributed by atoms with Gasteiger partial charge in [-0.2, -0.15) is 13.2 Å². The van der Waals surface area contributed by atoms with Crippen molar-refractivity contribution in [3.8, 4) is 17.1 Å². The van der Waals surface area contributed by atoms with Crippen molar-refractivity contribution in [1.29, 1.82) is 0 Å². The smallest absolute Gasteiger partial charge is 0.443 e. The molecule has 0 N–H and O–H groups in total. The predicted molar refractivity (Wildman–Crippen MR) is 108 cm³/mol. The molecule has 4 aromatic heterocycles. The van der Waals surface area contributed by atoms with Crippen molar-refractivity contribution in [1.82, 2.24) is 24.5 Å². The third kappa shape index (κ3) is 4.92. The Morgan fingerprint density at radius 2 is 1.53 bits per heavy atom. The molecule has 0 aliphatic rings. The minimum Gasteiger partial charge on any atom is -0.443 e. The minimum absolute atomic E-state index is 0. The number of aromatic nitrogens is 5. The average Bonchev–Trinajstić information content (AvgIpc) is 3.16. The van der Waals surface area contributed by atoms with Crippen LogP contribution in [0.25, 0.3) is 17.1 Å². The van der Waals surface area contributed by atoms with Crippen LogP contribution >= 0.6 is 0 Å². The van der Waals surface area contributed by atoms with Gasteiger partial charge in [0, 0.05) is 22.6 Å². The van der Waals surface area contributed by atoms with E-state index in [4.69, 9.17) is 0 Å². The van der Waals surface area contributed by atoms with E-state index in [1.54, 1.807) is 38.1 Å². The van der Waals surface area contributed by atoms with Crippen LogP contribution in [0.3, 0.4) is 0 Å². The van der Waals surface area contributed by atoms with Crippen molar-refractivity contribution in [2.75, 3.05) is 0 Å². The van der Waals surface area contributed by atoms with Gasteiger partial charge in [0.2, 0.25) is 0 Å². The van der Waals surface area contributed by atoms with E-state index in [1.165, 1.54) is 19.1 Å². The van der Waals surface area contributed by atoms with Gasteiger partial charge in [0.25, 0.3) is 0 Å². The Kier molecular flexibility index (Phi) is 7.03. The Balaban J connectivity index is 0.00000324. The summed E-state index contributed by atoms with van der Waals surface area (Å²) in [5.41, 5.74) is 0.148. The van der Waals surface area contributed by atoms with Crippen molar-refractivity contribution in [2.45, 2.75) is 32.4 Å². The number of imidazole rings is 1. The summed E-state index contributed by atoms with van der Waals surface area (Å²) in [4.78, 5) is 15.6. The summed E-state index contributed by atoms with van der Waals surface area (Å²) in [5.74, 6) is -3.19. The summed E-state index contributed by atoms with van der Waals surface area (Å²) in [7, 11) is 0. The third-order valence-electron chi connectivity index (χ3n) is 5.01. The zero-order valence-corrected chi connectivity index (χ0v) is 20.3. The fourth-order valence-electron chi connectivity index (χ4n) is 3.31. The quantitative estimate of drug-likeness (QED) is 0.172. The van der Waals surface area contributed by atoms with Gasteiger partial charge in [0.15, 0.2) is 0 Å². The molecule has 0 saturated carbocycles. The molecule has 0 bridgehead atoms. The number of aryl methyl sites for hydroxylation is 1. The zero-order valence-electron chi connectivity index (χ0n) is 18.0. The molecular formula is C23H16F5N5Pt. The average molecular weight is 652 g/mol. The van der Waals surface area contributed by atoms with Gasteiger partial charge in [-0.1, -0.05) is 42.1 Å². The number of hydrogen-bond donors (Lipinski definition) is 0. The molecule has 0 amide bonds. The van der Waals surface area contributed by atoms with Crippen LogP contribution in [0, 0.1) is 31.1 Å². The van der Waals surface area contributed by atoms with Gasteiger partial charge in [-0.15, -0.1) is 6.07 Å². The van der Waals surface area contributed by atoms with Crippen LogP contribution < -0.4 is 0 Å². The molecule has 178 valence electrons. The van der Waals surface area contributed by atoms with Gasteiger partial charge in [-0.05, 0) is 44.3 Å². The summed E-state index contributed by atoms with van der Waals surface area (Å²) in [6.07, 6.45) is -2.13. The fraction of sp³-hybridized carbons (Fsp3) is 0.217. The minimum atomic E-state index is -4.68. The predicted octanol–water partition coefficient (Wildman–Crippen LogP) is 5.25. The molecule has 4 heterocycles. The molecule has 0 fully saturated rings. The topological polar surface area (TPSA) is 56.5 Å². The first kappa shape index (κ1) is 25.6. The molecule has 0 aliphatic heterocycles. The van der Waals surface area contributed by atoms with Crippen LogP contribution in [-0.4, -0.2) is 24.5 Å². The summed E-state index contributed by atoms with van der Waals surface area (Å²) in [5, 5.41) is 0. The molecule has 0 aromatic carbocycles. The maximum Gasteiger partial charge on any atom is 2.00 e. The summed E-state index contributed by atoms with van der Waals surface area (Å²) < 4.78 is 68.3. The molecular weight excluding hydrogens is 636 g/mol. The Bertz CT molecular complexity index is 1330. The first-order valence-corrected chi connectivity index (χ1v) is 9.72. The van der Waals surface area contributed by atoms with Gasteiger partial charge < -0.3 is 14.5 Å². The number of halogens is 5. The SMILES string of the molecule is Cc1[c-]n(-c2cccc(C(C)(C)c3cccc(-c4[c-]cc(F)nc4F)n3)n2)c(C(F)(F)F)n1.[Pt+2]. The Morgan fingerprint density at radius 1 is 0.882 bits per heavy atom. The van der Waals surface area contributed by atoms with Crippen LogP contribution in [0.4, 0.5) is 22.0 Å². The van der Waals surface area contributed by atoms with Gasteiger partial charge in [0.05, 0.1) is 0 Å². The van der Waals surface area contributed by atoms with Crippen molar-refractivity contribution >= 4 is 0 Å². The first-order valence-electron chi connectivity index (χ1n) is 9.72. The molecule has 11 heteroatoms. The second-order valence-corrected chi connectivity index (χ2v) is 7.77. The largest absolute Gasteiger partial charge is 2.00 e. The molecule has 0 aliphatic carbocycles. The van der Waals surface area contributed by atoms with Gasteiger partial charge in [-0.25, -0.2) is 8.78 Å². The van der Waals surface area contributed by atoms with Crippen molar-refractivity contribution in [3.63, 3.8) is 0 Å². The van der Waals surface area contributed by atoms with E-state index in [0.29, 0.717) is 11.4 Å². The van der Waals surface area contributed by atoms with E-state index in [-0.39, 0.29) is 43.8 Å². The van der Waals surface area contributed by atoms with Gasteiger partial charge >= 0.3 is 27.2 Å². The molecule has 0 spiro atoms. The second-order valence-electron chi connectivity index (χ2n) is 7.77. The first-order chi connectivity index (χ1) is 15.5. The maximum atomic E-state index is 14.1. The Labute approximate surface area is 206 Å². The number of rotatable bonds is 4. The van der Waals surface area contributed by atoms with E-state index < -0.39 is 29.3 Å². The number of hydrogen-bond acceptors (Lipinski definition) is 4. The van der Waals surface area contributed by atoms with Crippen LogP contribution in [0.1, 0.15) is 36.8 Å². The van der Waals surface area contributed by atoms with Crippen LogP contribution in [0.5, 0.6) is 0 Å². The number of nitrogens with zero attached hydrogens (tertiary/aromatic N) is 5. The summed E-state index contributed by atoms with van der Waals surface area (Å²) in [6.45, 7) is 4.97. The monoisotopic (exact) mass is 652 g/mol. The number of pyridine rings is 3. The summed E-state index contributed by atoms with van der Waals surface area (Å²) in [6, 6.07) is 12.9. The van der Waals surface area contributed by atoms with E-state index in [0.717, 1.165) is 10.6 Å². The van der Waals surface area contributed by atoms with E-state index in [1.807, 2.05) is 0 Å². The molecule has 34 heavy (non-hydrogen) atoms. The van der Waals surface area contributed by atoms with E-state index >= 15 is 0 Å². The zero-order chi connectivity index (χ0) is 24.0. The van der Waals surface area contributed by atoms with E-state index in [2.05, 4.69) is 32.2 Å². The van der Waals surface area contributed by atoms with Crippen LogP contribution in [-0.2, 0) is 32.7 Å². The number of alkyl halides is 3. The molecule has 4 aromatic rings. The van der Waals surface area contributed by atoms with Crippen LogP contribution in [0.2, 0.25) is 0 Å². The van der Waals surface area contributed by atoms with Gasteiger partial charge in [0.1, 0.15) is 17.7 Å². The van der Waals surface area contributed by atoms with Crippen molar-refractivity contribution in [2.24, 2.45) is 0 Å². The molecule has 0 radical (unpaired) electrons. The third-order valence-corrected chi connectivity index (χ3v) is 5.01.